The molecule has 1 aliphatic heterocycles. The number of nitrogens with zero attached hydrogens (tertiary/aromatic N) is 3. The van der Waals surface area contributed by atoms with Crippen LogP contribution >= 0.6 is 11.8 Å². The lowest BCUT2D eigenvalue weighted by Crippen LogP contribution is -2.27. The molecule has 5 nitrogen and oxygen atoms in total. The minimum absolute atomic E-state index is 0.0830. The number of carbonyl (C=O) groups is 1. The number of hydrogen-bond acceptors (Lipinski definition) is 5. The van der Waals surface area contributed by atoms with E-state index < -0.39 is 0 Å². The average Bonchev–Trinajstić information content (AvgIpc) is 2.99. The molecule has 0 aromatic carbocycles. The highest BCUT2D eigenvalue weighted by Crippen LogP contribution is 2.15. The van der Waals surface area contributed by atoms with Crippen molar-refractivity contribution in [3.05, 3.63) is 35.7 Å². The van der Waals surface area contributed by atoms with Crippen LogP contribution in [0.2, 0.25) is 0 Å². The molecular weight excluding hydrogens is 284 g/mol. The molecule has 108 valence electrons. The van der Waals surface area contributed by atoms with E-state index in [1.807, 2.05) is 30.7 Å². The molecule has 6 heteroatoms. The lowest BCUT2D eigenvalue weighted by molar-refractivity contribution is 0.0952. The van der Waals surface area contributed by atoms with E-state index in [9.17, 15) is 4.79 Å². The highest BCUT2D eigenvalue weighted by molar-refractivity contribution is 8.12. The normalized spacial score (nSPS) is 17.3. The predicted octanol–water partition coefficient (Wildman–Crippen LogP) is 2.20. The molecule has 0 saturated heterocycles. The predicted molar refractivity (Wildman–Crippen MR) is 86.0 cm³/mol. The number of aliphatic imine (C=N–C) groups is 1. The summed E-state index contributed by atoms with van der Waals surface area (Å²) in [7, 11) is 0. The van der Waals surface area contributed by atoms with Gasteiger partial charge in [-0.25, -0.2) is 9.97 Å². The Morgan fingerprint density at radius 3 is 3.24 bits per heavy atom. The average molecular weight is 300 g/mol. The highest BCUT2D eigenvalue weighted by atomic mass is 32.2. The molecule has 21 heavy (non-hydrogen) atoms. The summed E-state index contributed by atoms with van der Waals surface area (Å²) in [6, 6.07) is 5.94. The molecule has 1 atom stereocenters. The van der Waals surface area contributed by atoms with Crippen molar-refractivity contribution in [1.82, 2.24) is 15.3 Å². The van der Waals surface area contributed by atoms with Crippen LogP contribution in [-0.4, -0.2) is 39.8 Å². The molecule has 1 N–H and O–H groups in total. The van der Waals surface area contributed by atoms with Gasteiger partial charge >= 0.3 is 0 Å². The number of fused-ring (bicyclic) bond motifs is 1. The zero-order chi connectivity index (χ0) is 14.7. The Morgan fingerprint density at radius 1 is 1.52 bits per heavy atom. The van der Waals surface area contributed by atoms with Gasteiger partial charge < -0.3 is 5.32 Å². The molecule has 3 heterocycles. The summed E-state index contributed by atoms with van der Waals surface area (Å²) in [6.07, 6.45) is 2.57. The minimum atomic E-state index is -0.0830. The number of amides is 1. The summed E-state index contributed by atoms with van der Waals surface area (Å²) in [5, 5.41) is 3.83. The third-order valence-corrected chi connectivity index (χ3v) is 4.27. The maximum atomic E-state index is 12.3. The minimum Gasteiger partial charge on any atom is -0.352 e. The summed E-state index contributed by atoms with van der Waals surface area (Å²) in [5.74, 6) is 0.929. The van der Waals surface area contributed by atoms with Crippen molar-refractivity contribution >= 4 is 34.2 Å². The molecule has 2 aromatic heterocycles. The molecule has 3 rings (SSSR count). The van der Waals surface area contributed by atoms with Crippen molar-refractivity contribution in [3.8, 4) is 0 Å². The van der Waals surface area contributed by atoms with Gasteiger partial charge in [0.1, 0.15) is 0 Å². The SMILES string of the molecule is Cc1nc2ncccc2cc1C(=O)NCCC1CSC=N1. The third kappa shape index (κ3) is 3.21. The number of nitrogens with one attached hydrogen (secondary N) is 1. The van der Waals surface area contributed by atoms with Gasteiger partial charge in [0, 0.05) is 23.9 Å². The van der Waals surface area contributed by atoms with E-state index in [0.29, 0.717) is 29.5 Å². The Kier molecular flexibility index (Phi) is 4.15. The lowest BCUT2D eigenvalue weighted by atomic mass is 10.1. The van der Waals surface area contributed by atoms with E-state index in [2.05, 4.69) is 20.3 Å². The van der Waals surface area contributed by atoms with E-state index in [1.165, 1.54) is 0 Å². The fourth-order valence-electron chi connectivity index (χ4n) is 2.26. The standard InChI is InChI=1S/C15H16N4OS/c1-10-13(7-11-3-2-5-16-14(11)19-10)15(20)17-6-4-12-8-21-9-18-12/h2-3,5,7,9,12H,4,6,8H2,1H3,(H,17,20). The van der Waals surface area contributed by atoms with Crippen molar-refractivity contribution in [2.24, 2.45) is 4.99 Å². The van der Waals surface area contributed by atoms with Crippen LogP contribution in [0.3, 0.4) is 0 Å². The molecule has 0 saturated carbocycles. The number of pyridine rings is 2. The van der Waals surface area contributed by atoms with Crippen LogP contribution in [0.15, 0.2) is 29.4 Å². The van der Waals surface area contributed by atoms with Crippen molar-refractivity contribution in [1.29, 1.82) is 0 Å². The summed E-state index contributed by atoms with van der Waals surface area (Å²) < 4.78 is 0. The Hall–Kier alpha value is -1.95. The zero-order valence-corrected chi connectivity index (χ0v) is 12.6. The first-order chi connectivity index (χ1) is 10.2. The second-order valence-corrected chi connectivity index (χ2v) is 5.84. The number of carbonyl (C=O) groups excluding carboxylic acids is 1. The molecule has 0 spiro atoms. The number of thioether (sulfide) groups is 1. The fraction of sp³-hybridized carbons (Fsp3) is 0.333. The van der Waals surface area contributed by atoms with Crippen molar-refractivity contribution in [2.45, 2.75) is 19.4 Å². The Labute approximate surface area is 127 Å². The van der Waals surface area contributed by atoms with Crippen LogP contribution in [0.4, 0.5) is 0 Å². The van der Waals surface area contributed by atoms with Crippen LogP contribution in [0, 0.1) is 6.92 Å². The summed E-state index contributed by atoms with van der Waals surface area (Å²) in [4.78, 5) is 25.2. The lowest BCUT2D eigenvalue weighted by Gasteiger charge is -2.10. The van der Waals surface area contributed by atoms with Gasteiger partial charge in [-0.2, -0.15) is 0 Å². The van der Waals surface area contributed by atoms with Gasteiger partial charge in [0.15, 0.2) is 5.65 Å². The summed E-state index contributed by atoms with van der Waals surface area (Å²) >= 11 is 1.72. The molecule has 1 aliphatic rings. The largest absolute Gasteiger partial charge is 0.352 e. The molecule has 0 bridgehead atoms. The first kappa shape index (κ1) is 14.0. The van der Waals surface area contributed by atoms with Gasteiger partial charge in [-0.05, 0) is 31.5 Å². The molecule has 0 fully saturated rings. The van der Waals surface area contributed by atoms with Crippen LogP contribution in [0.25, 0.3) is 11.0 Å². The number of aryl methyl sites for hydroxylation is 1. The summed E-state index contributed by atoms with van der Waals surface area (Å²) in [6.45, 7) is 2.47. The van der Waals surface area contributed by atoms with Gasteiger partial charge in [0.2, 0.25) is 0 Å². The summed E-state index contributed by atoms with van der Waals surface area (Å²) in [5.41, 5.74) is 3.87. The van der Waals surface area contributed by atoms with E-state index in [0.717, 1.165) is 17.6 Å². The third-order valence-electron chi connectivity index (χ3n) is 3.42. The van der Waals surface area contributed by atoms with Crippen molar-refractivity contribution < 1.29 is 4.79 Å². The van der Waals surface area contributed by atoms with Crippen LogP contribution in [0.5, 0.6) is 0 Å². The Balaban J connectivity index is 1.68. The van der Waals surface area contributed by atoms with E-state index in [4.69, 9.17) is 0 Å². The van der Waals surface area contributed by atoms with Crippen LogP contribution < -0.4 is 5.32 Å². The van der Waals surface area contributed by atoms with E-state index in [1.54, 1.807) is 18.0 Å². The second-order valence-electron chi connectivity index (χ2n) is 4.96. The number of aromatic nitrogens is 2. The topological polar surface area (TPSA) is 67.2 Å². The van der Waals surface area contributed by atoms with Gasteiger partial charge in [-0.15, -0.1) is 11.8 Å². The van der Waals surface area contributed by atoms with E-state index >= 15 is 0 Å². The smallest absolute Gasteiger partial charge is 0.253 e. The van der Waals surface area contributed by atoms with E-state index in [-0.39, 0.29) is 5.91 Å². The highest BCUT2D eigenvalue weighted by Gasteiger charge is 2.14. The zero-order valence-electron chi connectivity index (χ0n) is 11.7. The van der Waals surface area contributed by atoms with Crippen LogP contribution in [0.1, 0.15) is 22.5 Å². The number of hydrogen-bond donors (Lipinski definition) is 1. The maximum absolute atomic E-state index is 12.3. The number of rotatable bonds is 4. The van der Waals surface area contributed by atoms with Crippen LogP contribution in [-0.2, 0) is 0 Å². The second kappa shape index (κ2) is 6.22. The molecule has 0 radical (unpaired) electrons. The molecule has 2 aromatic rings. The first-order valence-corrected chi connectivity index (χ1v) is 7.93. The maximum Gasteiger partial charge on any atom is 0.253 e. The van der Waals surface area contributed by atoms with Gasteiger partial charge in [0.25, 0.3) is 5.91 Å². The Morgan fingerprint density at radius 2 is 2.43 bits per heavy atom. The molecular formula is C15H16N4OS. The Bertz CT molecular complexity index is 701. The molecule has 1 unspecified atom stereocenters. The quantitative estimate of drug-likeness (QED) is 0.940. The van der Waals surface area contributed by atoms with Gasteiger partial charge in [-0.3, -0.25) is 9.79 Å². The monoisotopic (exact) mass is 300 g/mol. The first-order valence-electron chi connectivity index (χ1n) is 6.88. The van der Waals surface area contributed by atoms with Gasteiger partial charge in [-0.1, -0.05) is 0 Å². The van der Waals surface area contributed by atoms with Crippen molar-refractivity contribution in [3.63, 3.8) is 0 Å². The molecule has 1 amide bonds. The fourth-order valence-corrected chi connectivity index (χ4v) is 3.08. The van der Waals surface area contributed by atoms with Crippen molar-refractivity contribution in [2.75, 3.05) is 12.3 Å². The molecule has 0 aliphatic carbocycles. The van der Waals surface area contributed by atoms with Gasteiger partial charge in [0.05, 0.1) is 22.8 Å².